The Morgan fingerprint density at radius 3 is 2.20 bits per heavy atom. The molecule has 0 saturated heterocycles. The smallest absolute Gasteiger partial charge is 0.397 e. The van der Waals surface area contributed by atoms with Crippen LogP contribution in [0.15, 0.2) is 42.5 Å². The second-order valence-corrected chi connectivity index (χ2v) is 7.17. The number of carbonyl (C=O) groups is 1. The maximum atomic E-state index is 13.9. The van der Waals surface area contributed by atoms with Crippen molar-refractivity contribution in [3.05, 3.63) is 59.2 Å². The molecule has 0 aliphatic rings. The molecule has 164 valence electrons. The van der Waals surface area contributed by atoms with Crippen molar-refractivity contribution in [2.45, 2.75) is 57.5 Å². The molecule has 1 amide bonds. The van der Waals surface area contributed by atoms with Gasteiger partial charge in [-0.15, -0.1) is 0 Å². The average molecular weight is 428 g/mol. The number of rotatable bonds is 9. The first kappa shape index (κ1) is 23.6. The van der Waals surface area contributed by atoms with Crippen LogP contribution >= 0.6 is 0 Å². The molecule has 30 heavy (non-hydrogen) atoms. The molecule has 2 aromatic carbocycles. The molecule has 0 aliphatic carbocycles. The van der Waals surface area contributed by atoms with Crippen molar-refractivity contribution in [2.75, 3.05) is 11.1 Å². The maximum absolute atomic E-state index is 13.9. The SMILES string of the molecule is CCCC[C@@H](F)[C@@H](F)C(=O)Nc1ccc(CCc2ccc(C(F)(F)F)cc2)cc1N. The van der Waals surface area contributed by atoms with E-state index in [1.54, 1.807) is 12.1 Å². The Balaban J connectivity index is 1.94. The van der Waals surface area contributed by atoms with Crippen LogP contribution in [0.2, 0.25) is 0 Å². The highest BCUT2D eigenvalue weighted by molar-refractivity contribution is 5.97. The standard InChI is InChI=1S/C22H25F5N2O/c1-2-3-4-17(23)20(24)21(30)29-19-12-9-15(13-18(19)28)6-5-14-7-10-16(11-8-14)22(25,26)27/h7-13,17,20H,2-6,28H2,1H3,(H,29,30)/t17-,20-/m1/s1. The van der Waals surface area contributed by atoms with Crippen molar-refractivity contribution < 1.29 is 26.7 Å². The lowest BCUT2D eigenvalue weighted by Gasteiger charge is -2.15. The van der Waals surface area contributed by atoms with E-state index in [-0.39, 0.29) is 17.8 Å². The molecule has 2 atom stereocenters. The highest BCUT2D eigenvalue weighted by Crippen LogP contribution is 2.29. The first-order valence-electron chi connectivity index (χ1n) is 9.75. The number of anilines is 2. The van der Waals surface area contributed by atoms with Gasteiger partial charge in [0.05, 0.1) is 16.9 Å². The van der Waals surface area contributed by atoms with E-state index in [2.05, 4.69) is 5.32 Å². The van der Waals surface area contributed by atoms with Crippen molar-refractivity contribution >= 4 is 17.3 Å². The van der Waals surface area contributed by atoms with Crippen LogP contribution in [0.3, 0.4) is 0 Å². The summed E-state index contributed by atoms with van der Waals surface area (Å²) in [6.07, 6.45) is -6.33. The number of hydrogen-bond donors (Lipinski definition) is 2. The number of unbranched alkanes of at least 4 members (excludes halogenated alkanes) is 1. The second-order valence-electron chi connectivity index (χ2n) is 7.17. The summed E-state index contributed by atoms with van der Waals surface area (Å²) < 4.78 is 65.5. The van der Waals surface area contributed by atoms with Crippen LogP contribution in [0, 0.1) is 0 Å². The predicted molar refractivity (Wildman–Crippen MR) is 108 cm³/mol. The molecule has 3 N–H and O–H groups in total. The van der Waals surface area contributed by atoms with Gasteiger partial charge in [-0.1, -0.05) is 38.0 Å². The summed E-state index contributed by atoms with van der Waals surface area (Å²) in [5, 5.41) is 2.30. The minimum Gasteiger partial charge on any atom is -0.397 e. The molecule has 0 spiro atoms. The van der Waals surface area contributed by atoms with Gasteiger partial charge >= 0.3 is 6.18 Å². The van der Waals surface area contributed by atoms with Gasteiger partial charge in [-0.3, -0.25) is 4.79 Å². The minimum atomic E-state index is -4.37. The molecule has 2 aromatic rings. The van der Waals surface area contributed by atoms with Gasteiger partial charge in [0.25, 0.3) is 5.91 Å². The van der Waals surface area contributed by atoms with Crippen molar-refractivity contribution in [1.82, 2.24) is 0 Å². The van der Waals surface area contributed by atoms with Crippen molar-refractivity contribution in [3.8, 4) is 0 Å². The van der Waals surface area contributed by atoms with E-state index in [1.165, 1.54) is 18.2 Å². The third-order valence-electron chi connectivity index (χ3n) is 4.76. The molecule has 0 radical (unpaired) electrons. The third kappa shape index (κ3) is 6.71. The number of nitrogens with two attached hydrogens (primary N) is 1. The Hall–Kier alpha value is -2.64. The highest BCUT2D eigenvalue weighted by atomic mass is 19.4. The fourth-order valence-corrected chi connectivity index (χ4v) is 2.94. The lowest BCUT2D eigenvalue weighted by molar-refractivity contribution is -0.137. The van der Waals surface area contributed by atoms with Crippen LogP contribution in [-0.4, -0.2) is 18.3 Å². The predicted octanol–water partition coefficient (Wildman–Crippen LogP) is 5.88. The Morgan fingerprint density at radius 2 is 1.63 bits per heavy atom. The molecule has 3 nitrogen and oxygen atoms in total. The molecule has 0 bridgehead atoms. The normalized spacial score (nSPS) is 13.7. The zero-order valence-electron chi connectivity index (χ0n) is 16.6. The Morgan fingerprint density at radius 1 is 1.03 bits per heavy atom. The van der Waals surface area contributed by atoms with E-state index in [0.717, 1.165) is 23.3 Å². The number of aryl methyl sites for hydroxylation is 2. The maximum Gasteiger partial charge on any atom is 0.416 e. The molecule has 0 unspecified atom stereocenters. The van der Waals surface area contributed by atoms with Crippen LogP contribution in [-0.2, 0) is 23.8 Å². The Bertz CT molecular complexity index is 836. The van der Waals surface area contributed by atoms with Crippen LogP contribution in [0.1, 0.15) is 42.9 Å². The van der Waals surface area contributed by atoms with Crippen LogP contribution in [0.5, 0.6) is 0 Å². The number of benzene rings is 2. The van der Waals surface area contributed by atoms with Crippen LogP contribution in [0.25, 0.3) is 0 Å². The average Bonchev–Trinajstić information content (AvgIpc) is 2.71. The second kappa shape index (κ2) is 10.4. The Labute approximate surface area is 172 Å². The molecule has 8 heteroatoms. The zero-order chi connectivity index (χ0) is 22.3. The monoisotopic (exact) mass is 428 g/mol. The summed E-state index contributed by atoms with van der Waals surface area (Å²) in [7, 11) is 0. The zero-order valence-corrected chi connectivity index (χ0v) is 16.6. The summed E-state index contributed by atoms with van der Waals surface area (Å²) in [6, 6.07) is 9.69. The van der Waals surface area contributed by atoms with Gasteiger partial charge in [-0.25, -0.2) is 8.78 Å². The van der Waals surface area contributed by atoms with Gasteiger partial charge < -0.3 is 11.1 Å². The molecule has 0 saturated carbocycles. The van der Waals surface area contributed by atoms with E-state index in [4.69, 9.17) is 5.73 Å². The largest absolute Gasteiger partial charge is 0.416 e. The Kier molecular flexibility index (Phi) is 8.20. The van der Waals surface area contributed by atoms with E-state index < -0.39 is 30.0 Å². The first-order chi connectivity index (χ1) is 14.1. The van der Waals surface area contributed by atoms with E-state index in [9.17, 15) is 26.7 Å². The number of amides is 1. The number of carbonyl (C=O) groups excluding carboxylic acids is 1. The summed E-state index contributed by atoms with van der Waals surface area (Å²) in [5.41, 5.74) is 7.12. The molecule has 2 rings (SSSR count). The highest BCUT2D eigenvalue weighted by Gasteiger charge is 2.30. The van der Waals surface area contributed by atoms with Crippen molar-refractivity contribution in [2.24, 2.45) is 0 Å². The van der Waals surface area contributed by atoms with Crippen LogP contribution < -0.4 is 11.1 Å². The number of halogens is 5. The van der Waals surface area contributed by atoms with Crippen molar-refractivity contribution in [1.29, 1.82) is 0 Å². The number of nitrogen functional groups attached to an aromatic ring is 1. The lowest BCUT2D eigenvalue weighted by Crippen LogP contribution is -2.32. The number of hydrogen-bond acceptors (Lipinski definition) is 2. The summed E-state index contributed by atoms with van der Waals surface area (Å²) in [4.78, 5) is 11.9. The van der Waals surface area contributed by atoms with Gasteiger partial charge in [-0.05, 0) is 54.7 Å². The molecule has 0 aliphatic heterocycles. The van der Waals surface area contributed by atoms with Crippen LogP contribution in [0.4, 0.5) is 33.3 Å². The topological polar surface area (TPSA) is 55.1 Å². The molecule has 0 fully saturated rings. The summed E-state index contributed by atoms with van der Waals surface area (Å²) in [5.74, 6) is -1.08. The molecular weight excluding hydrogens is 403 g/mol. The van der Waals surface area contributed by atoms with E-state index in [0.29, 0.717) is 25.7 Å². The number of alkyl halides is 5. The lowest BCUT2D eigenvalue weighted by atomic mass is 10.0. The van der Waals surface area contributed by atoms with Crippen molar-refractivity contribution in [3.63, 3.8) is 0 Å². The fraction of sp³-hybridized carbons (Fsp3) is 0.409. The first-order valence-corrected chi connectivity index (χ1v) is 9.75. The van der Waals surface area contributed by atoms with Gasteiger partial charge in [0.2, 0.25) is 6.17 Å². The summed E-state index contributed by atoms with van der Waals surface area (Å²) >= 11 is 0. The molecule has 0 aromatic heterocycles. The minimum absolute atomic E-state index is 0.0243. The van der Waals surface area contributed by atoms with E-state index in [1.807, 2.05) is 6.92 Å². The molecular formula is C22H25F5N2O. The summed E-state index contributed by atoms with van der Waals surface area (Å²) in [6.45, 7) is 1.85. The van der Waals surface area contributed by atoms with Gasteiger partial charge in [0.1, 0.15) is 6.17 Å². The number of nitrogens with one attached hydrogen (secondary N) is 1. The van der Waals surface area contributed by atoms with Gasteiger partial charge in [0.15, 0.2) is 0 Å². The quantitative estimate of drug-likeness (QED) is 0.387. The van der Waals surface area contributed by atoms with E-state index >= 15 is 0 Å². The molecule has 0 heterocycles. The third-order valence-corrected chi connectivity index (χ3v) is 4.76. The van der Waals surface area contributed by atoms with Gasteiger partial charge in [0, 0.05) is 0 Å². The fourth-order valence-electron chi connectivity index (χ4n) is 2.94. The van der Waals surface area contributed by atoms with Gasteiger partial charge in [-0.2, -0.15) is 13.2 Å².